The van der Waals surface area contributed by atoms with Gasteiger partial charge >= 0.3 is 0 Å². The van der Waals surface area contributed by atoms with Gasteiger partial charge in [-0.05, 0) is 25.2 Å². The molecule has 0 aliphatic carbocycles. The van der Waals surface area contributed by atoms with E-state index in [2.05, 4.69) is 42.2 Å². The minimum Gasteiger partial charge on any atom is -0.444 e. The van der Waals surface area contributed by atoms with Gasteiger partial charge in [0.25, 0.3) is 0 Å². The highest BCUT2D eigenvalue weighted by atomic mass is 79.9. The Morgan fingerprint density at radius 3 is 2.56 bits per heavy atom. The van der Waals surface area contributed by atoms with Gasteiger partial charge in [0, 0.05) is 21.1 Å². The molecule has 0 aliphatic heterocycles. The molecule has 0 aliphatic rings. The number of rotatable bonds is 3. The van der Waals surface area contributed by atoms with Crippen LogP contribution in [0.25, 0.3) is 11.5 Å². The van der Waals surface area contributed by atoms with Crippen LogP contribution in [0.2, 0.25) is 0 Å². The molecule has 84 valence electrons. The number of nitrogens with one attached hydrogen (secondary N) is 1. The predicted octanol–water partition coefficient (Wildman–Crippen LogP) is 3.59. The lowest BCUT2D eigenvalue weighted by atomic mass is 10.2. The molecule has 5 heteroatoms. The van der Waals surface area contributed by atoms with Crippen LogP contribution in [-0.2, 0) is 6.54 Å². The summed E-state index contributed by atoms with van der Waals surface area (Å²) in [5, 5.41) is 3.03. The van der Waals surface area contributed by atoms with Crippen molar-refractivity contribution in [3.8, 4) is 11.5 Å². The van der Waals surface area contributed by atoms with Crippen LogP contribution in [0.4, 0.5) is 0 Å². The third kappa shape index (κ3) is 2.72. The summed E-state index contributed by atoms with van der Waals surface area (Å²) in [6.07, 6.45) is 1.67. The van der Waals surface area contributed by atoms with Crippen molar-refractivity contribution >= 4 is 31.9 Å². The third-order valence-corrected chi connectivity index (χ3v) is 2.93. The van der Waals surface area contributed by atoms with Crippen molar-refractivity contribution in [1.29, 1.82) is 0 Å². The van der Waals surface area contributed by atoms with Crippen LogP contribution in [0.5, 0.6) is 0 Å². The Kier molecular flexibility index (Phi) is 3.78. The smallest absolute Gasteiger partial charge is 0.226 e. The van der Waals surface area contributed by atoms with Crippen LogP contribution in [0.15, 0.2) is 37.8 Å². The van der Waals surface area contributed by atoms with Gasteiger partial charge in [-0.1, -0.05) is 31.9 Å². The number of hydrogen-bond acceptors (Lipinski definition) is 3. The van der Waals surface area contributed by atoms with E-state index in [1.165, 1.54) is 0 Å². The molecule has 0 bridgehead atoms. The lowest BCUT2D eigenvalue weighted by Crippen LogP contribution is -2.04. The minimum absolute atomic E-state index is 0.632. The summed E-state index contributed by atoms with van der Waals surface area (Å²) in [6, 6.07) is 5.92. The molecule has 0 saturated heterocycles. The molecular formula is C11H10Br2N2O. The van der Waals surface area contributed by atoms with E-state index < -0.39 is 0 Å². The monoisotopic (exact) mass is 344 g/mol. The van der Waals surface area contributed by atoms with Crippen LogP contribution in [0.1, 0.15) is 5.69 Å². The largest absolute Gasteiger partial charge is 0.444 e. The highest BCUT2D eigenvalue weighted by Gasteiger charge is 2.07. The van der Waals surface area contributed by atoms with Crippen molar-refractivity contribution in [2.24, 2.45) is 0 Å². The molecule has 0 saturated carbocycles. The molecule has 0 unspecified atom stereocenters. The first-order valence-electron chi connectivity index (χ1n) is 4.74. The van der Waals surface area contributed by atoms with Crippen molar-refractivity contribution in [3.05, 3.63) is 39.1 Å². The van der Waals surface area contributed by atoms with Crippen LogP contribution in [0.3, 0.4) is 0 Å². The van der Waals surface area contributed by atoms with Crippen molar-refractivity contribution in [1.82, 2.24) is 10.3 Å². The topological polar surface area (TPSA) is 38.1 Å². The van der Waals surface area contributed by atoms with E-state index in [4.69, 9.17) is 4.42 Å². The molecule has 2 aromatic rings. The van der Waals surface area contributed by atoms with Gasteiger partial charge in [-0.2, -0.15) is 0 Å². The molecule has 0 amide bonds. The second kappa shape index (κ2) is 5.12. The lowest BCUT2D eigenvalue weighted by molar-refractivity contribution is 0.571. The summed E-state index contributed by atoms with van der Waals surface area (Å²) >= 11 is 6.87. The first-order chi connectivity index (χ1) is 7.69. The van der Waals surface area contributed by atoms with Crippen molar-refractivity contribution < 1.29 is 4.42 Å². The fraction of sp³-hybridized carbons (Fsp3) is 0.182. The molecular weight excluding hydrogens is 336 g/mol. The van der Waals surface area contributed by atoms with Gasteiger partial charge in [-0.15, -0.1) is 0 Å². The molecule has 0 fully saturated rings. The van der Waals surface area contributed by atoms with Gasteiger partial charge in [-0.3, -0.25) is 0 Å². The number of oxazole rings is 1. The third-order valence-electron chi connectivity index (χ3n) is 2.02. The fourth-order valence-corrected chi connectivity index (χ4v) is 2.67. The van der Waals surface area contributed by atoms with Crippen molar-refractivity contribution in [2.75, 3.05) is 7.05 Å². The van der Waals surface area contributed by atoms with E-state index in [1.807, 2.05) is 25.2 Å². The number of benzene rings is 1. The summed E-state index contributed by atoms with van der Waals surface area (Å²) in [5.74, 6) is 0.632. The second-order valence-corrected chi connectivity index (χ2v) is 5.16. The highest BCUT2D eigenvalue weighted by molar-refractivity contribution is 9.11. The zero-order valence-corrected chi connectivity index (χ0v) is 11.8. The maximum atomic E-state index is 5.42. The van der Waals surface area contributed by atoms with E-state index in [0.29, 0.717) is 12.4 Å². The molecule has 1 heterocycles. The Morgan fingerprint density at radius 1 is 1.25 bits per heavy atom. The summed E-state index contributed by atoms with van der Waals surface area (Å²) < 4.78 is 7.40. The fourth-order valence-electron chi connectivity index (χ4n) is 1.38. The standard InChI is InChI=1S/C11H10Br2N2O/c1-14-5-10-6-16-11(15-10)7-2-8(12)4-9(13)3-7/h2-4,6,14H,5H2,1H3. The summed E-state index contributed by atoms with van der Waals surface area (Å²) in [6.45, 7) is 0.707. The van der Waals surface area contributed by atoms with E-state index in [0.717, 1.165) is 20.2 Å². The van der Waals surface area contributed by atoms with Crippen molar-refractivity contribution in [2.45, 2.75) is 6.54 Å². The maximum Gasteiger partial charge on any atom is 0.226 e. The van der Waals surface area contributed by atoms with Crippen LogP contribution < -0.4 is 5.32 Å². The van der Waals surface area contributed by atoms with Gasteiger partial charge in [0.2, 0.25) is 5.89 Å². The average molecular weight is 346 g/mol. The lowest BCUT2D eigenvalue weighted by Gasteiger charge is -1.98. The Balaban J connectivity index is 2.34. The highest BCUT2D eigenvalue weighted by Crippen LogP contribution is 2.27. The van der Waals surface area contributed by atoms with Crippen LogP contribution >= 0.6 is 31.9 Å². The Bertz CT molecular complexity index is 476. The summed E-state index contributed by atoms with van der Waals surface area (Å²) in [4.78, 5) is 4.38. The van der Waals surface area contributed by atoms with Gasteiger partial charge in [0.1, 0.15) is 6.26 Å². The SMILES string of the molecule is CNCc1coc(-c2cc(Br)cc(Br)c2)n1. The number of nitrogens with zero attached hydrogens (tertiary/aromatic N) is 1. The van der Waals surface area contributed by atoms with Gasteiger partial charge in [-0.25, -0.2) is 4.98 Å². The molecule has 0 radical (unpaired) electrons. The van der Waals surface area contributed by atoms with E-state index >= 15 is 0 Å². The molecule has 1 aromatic carbocycles. The van der Waals surface area contributed by atoms with Gasteiger partial charge < -0.3 is 9.73 Å². The second-order valence-electron chi connectivity index (χ2n) is 3.33. The quantitative estimate of drug-likeness (QED) is 0.923. The molecule has 0 atom stereocenters. The normalized spacial score (nSPS) is 10.7. The number of hydrogen-bond donors (Lipinski definition) is 1. The zero-order valence-electron chi connectivity index (χ0n) is 8.63. The summed E-state index contributed by atoms with van der Waals surface area (Å²) in [7, 11) is 1.88. The molecule has 0 spiro atoms. The van der Waals surface area contributed by atoms with Crippen molar-refractivity contribution in [3.63, 3.8) is 0 Å². The average Bonchev–Trinajstić information content (AvgIpc) is 2.65. The molecule has 2 rings (SSSR count). The predicted molar refractivity (Wildman–Crippen MR) is 70.1 cm³/mol. The number of aromatic nitrogens is 1. The first kappa shape index (κ1) is 11.8. The van der Waals surface area contributed by atoms with Gasteiger partial charge in [0.05, 0.1) is 5.69 Å². The first-order valence-corrected chi connectivity index (χ1v) is 6.33. The number of halogens is 2. The molecule has 1 N–H and O–H groups in total. The molecule has 1 aromatic heterocycles. The Labute approximate surface area is 111 Å². The maximum absolute atomic E-state index is 5.42. The minimum atomic E-state index is 0.632. The molecule has 16 heavy (non-hydrogen) atoms. The summed E-state index contributed by atoms with van der Waals surface area (Å²) in [5.41, 5.74) is 1.84. The van der Waals surface area contributed by atoms with Crippen LogP contribution in [-0.4, -0.2) is 12.0 Å². The zero-order chi connectivity index (χ0) is 11.5. The Morgan fingerprint density at radius 2 is 1.94 bits per heavy atom. The molecule has 3 nitrogen and oxygen atoms in total. The van der Waals surface area contributed by atoms with E-state index in [-0.39, 0.29) is 0 Å². The van der Waals surface area contributed by atoms with Crippen LogP contribution in [0, 0.1) is 0 Å². The Hall–Kier alpha value is -0.650. The van der Waals surface area contributed by atoms with Gasteiger partial charge in [0.15, 0.2) is 0 Å². The van der Waals surface area contributed by atoms with E-state index in [9.17, 15) is 0 Å². The van der Waals surface area contributed by atoms with E-state index in [1.54, 1.807) is 6.26 Å².